The molecule has 0 saturated carbocycles. The third-order valence-electron chi connectivity index (χ3n) is 4.26. The van der Waals surface area contributed by atoms with Gasteiger partial charge < -0.3 is 15.0 Å². The van der Waals surface area contributed by atoms with Gasteiger partial charge in [0, 0.05) is 24.5 Å². The van der Waals surface area contributed by atoms with E-state index in [2.05, 4.69) is 29.0 Å². The Bertz CT molecular complexity index is 588. The Morgan fingerprint density at radius 1 is 1.30 bits per heavy atom. The van der Waals surface area contributed by atoms with Crippen LogP contribution in [0.4, 0.5) is 0 Å². The lowest BCUT2D eigenvalue weighted by Crippen LogP contribution is -2.18. The number of nitrogens with two attached hydrogens (primary N) is 1. The molecular formula is C17H22N2O. The van der Waals surface area contributed by atoms with Crippen molar-refractivity contribution in [1.29, 1.82) is 0 Å². The monoisotopic (exact) mass is 270 g/mol. The minimum Gasteiger partial charge on any atom is -0.496 e. The fourth-order valence-electron chi connectivity index (χ4n) is 3.15. The van der Waals surface area contributed by atoms with Crippen LogP contribution in [0, 0.1) is 0 Å². The molecule has 3 heteroatoms. The van der Waals surface area contributed by atoms with E-state index >= 15 is 0 Å². The largest absolute Gasteiger partial charge is 0.496 e. The highest BCUT2D eigenvalue weighted by atomic mass is 16.5. The first-order chi connectivity index (χ1) is 9.79. The lowest BCUT2D eigenvalue weighted by molar-refractivity contribution is 0.408. The highest BCUT2D eigenvalue weighted by Gasteiger charge is 2.19. The van der Waals surface area contributed by atoms with Gasteiger partial charge in [0.1, 0.15) is 5.75 Å². The number of ether oxygens (including phenoxy) is 1. The van der Waals surface area contributed by atoms with E-state index in [1.165, 1.54) is 23.2 Å². The number of aromatic nitrogens is 1. The van der Waals surface area contributed by atoms with Gasteiger partial charge in [0.05, 0.1) is 7.11 Å². The molecule has 0 aliphatic heterocycles. The van der Waals surface area contributed by atoms with E-state index in [1.54, 1.807) is 7.11 Å². The zero-order valence-corrected chi connectivity index (χ0v) is 12.0. The average Bonchev–Trinajstić information content (AvgIpc) is 2.90. The smallest absolute Gasteiger partial charge is 0.122 e. The second-order valence-electron chi connectivity index (χ2n) is 5.47. The Morgan fingerprint density at radius 3 is 3.00 bits per heavy atom. The van der Waals surface area contributed by atoms with Gasteiger partial charge >= 0.3 is 0 Å². The maximum atomic E-state index is 6.18. The summed E-state index contributed by atoms with van der Waals surface area (Å²) in [7, 11) is 1.73. The van der Waals surface area contributed by atoms with Gasteiger partial charge in [-0.25, -0.2) is 0 Å². The van der Waals surface area contributed by atoms with Crippen LogP contribution >= 0.6 is 0 Å². The molecule has 1 heterocycles. The quantitative estimate of drug-likeness (QED) is 0.927. The predicted octanol–water partition coefficient (Wildman–Crippen LogP) is 3.08. The van der Waals surface area contributed by atoms with Crippen molar-refractivity contribution in [2.24, 2.45) is 5.73 Å². The lowest BCUT2D eigenvalue weighted by Gasteiger charge is -2.21. The van der Waals surface area contributed by atoms with Crippen molar-refractivity contribution in [2.75, 3.05) is 7.11 Å². The van der Waals surface area contributed by atoms with Crippen LogP contribution in [-0.2, 0) is 19.4 Å². The standard InChI is InChI=1S/C17H22N2O/c1-20-17-8-3-2-5-13(17)9-11-19-12-10-14-15(18)6-4-7-16(14)19/h2-3,5,8,10,12,15H,4,6-7,9,11,18H2,1H3. The van der Waals surface area contributed by atoms with Gasteiger partial charge in [-0.15, -0.1) is 0 Å². The topological polar surface area (TPSA) is 40.2 Å². The summed E-state index contributed by atoms with van der Waals surface area (Å²) in [6.07, 6.45) is 6.64. The lowest BCUT2D eigenvalue weighted by atomic mass is 9.93. The molecule has 1 aromatic carbocycles. The van der Waals surface area contributed by atoms with Crippen LogP contribution in [0.1, 0.15) is 35.7 Å². The Kier molecular flexibility index (Phi) is 3.79. The molecule has 1 aliphatic carbocycles. The summed E-state index contributed by atoms with van der Waals surface area (Å²) in [5.41, 5.74) is 10.2. The Morgan fingerprint density at radius 2 is 2.15 bits per heavy atom. The summed E-state index contributed by atoms with van der Waals surface area (Å²) in [6, 6.07) is 10.7. The van der Waals surface area contributed by atoms with Crippen LogP contribution in [0.2, 0.25) is 0 Å². The van der Waals surface area contributed by atoms with Gasteiger partial charge in [-0.2, -0.15) is 0 Å². The van der Waals surface area contributed by atoms with Crippen LogP contribution in [0.15, 0.2) is 36.5 Å². The molecule has 1 unspecified atom stereocenters. The minimum absolute atomic E-state index is 0.228. The summed E-state index contributed by atoms with van der Waals surface area (Å²) in [5, 5.41) is 0. The van der Waals surface area contributed by atoms with E-state index in [9.17, 15) is 0 Å². The van der Waals surface area contributed by atoms with Gasteiger partial charge in [0.2, 0.25) is 0 Å². The number of fused-ring (bicyclic) bond motifs is 1. The van der Waals surface area contributed by atoms with Crippen LogP contribution in [0.3, 0.4) is 0 Å². The molecule has 2 N–H and O–H groups in total. The van der Waals surface area contributed by atoms with Crippen molar-refractivity contribution >= 4 is 0 Å². The molecular weight excluding hydrogens is 248 g/mol. The van der Waals surface area contributed by atoms with Crippen molar-refractivity contribution in [3.63, 3.8) is 0 Å². The number of para-hydroxylation sites is 1. The molecule has 0 radical (unpaired) electrons. The van der Waals surface area contributed by atoms with Crippen molar-refractivity contribution < 1.29 is 4.74 Å². The fourth-order valence-corrected chi connectivity index (χ4v) is 3.15. The number of rotatable bonds is 4. The Hall–Kier alpha value is -1.74. The highest BCUT2D eigenvalue weighted by Crippen LogP contribution is 2.29. The first-order valence-corrected chi connectivity index (χ1v) is 7.35. The highest BCUT2D eigenvalue weighted by molar-refractivity contribution is 5.34. The first-order valence-electron chi connectivity index (χ1n) is 7.35. The van der Waals surface area contributed by atoms with Crippen LogP contribution < -0.4 is 10.5 Å². The van der Waals surface area contributed by atoms with Gasteiger partial charge in [-0.1, -0.05) is 18.2 Å². The molecule has 106 valence electrons. The molecule has 0 bridgehead atoms. The molecule has 3 nitrogen and oxygen atoms in total. The first kappa shape index (κ1) is 13.3. The van der Waals surface area contributed by atoms with E-state index in [4.69, 9.17) is 10.5 Å². The Labute approximate surface area is 120 Å². The molecule has 1 aromatic heterocycles. The van der Waals surface area contributed by atoms with Crippen LogP contribution in [0.25, 0.3) is 0 Å². The molecule has 1 aliphatic rings. The minimum atomic E-state index is 0.228. The summed E-state index contributed by atoms with van der Waals surface area (Å²) in [4.78, 5) is 0. The molecule has 2 aromatic rings. The summed E-state index contributed by atoms with van der Waals surface area (Å²) in [5.74, 6) is 0.977. The fraction of sp³-hybridized carbons (Fsp3) is 0.412. The van der Waals surface area contributed by atoms with Gasteiger partial charge in [-0.3, -0.25) is 0 Å². The SMILES string of the molecule is COc1ccccc1CCn1ccc2c1CCCC2N. The molecule has 0 amide bonds. The summed E-state index contributed by atoms with van der Waals surface area (Å²) in [6.45, 7) is 0.989. The number of methoxy groups -OCH3 is 1. The molecule has 0 saturated heterocycles. The zero-order valence-electron chi connectivity index (χ0n) is 12.0. The molecule has 0 spiro atoms. The number of hydrogen-bond acceptors (Lipinski definition) is 2. The third kappa shape index (κ3) is 2.46. The van der Waals surface area contributed by atoms with Crippen molar-refractivity contribution in [1.82, 2.24) is 4.57 Å². The summed E-state index contributed by atoms with van der Waals surface area (Å²) < 4.78 is 7.78. The van der Waals surface area contributed by atoms with E-state index in [0.29, 0.717) is 0 Å². The molecule has 0 fully saturated rings. The maximum absolute atomic E-state index is 6.18. The number of nitrogens with zero attached hydrogens (tertiary/aromatic N) is 1. The van der Waals surface area contributed by atoms with Gasteiger partial charge in [0.25, 0.3) is 0 Å². The Balaban J connectivity index is 1.76. The van der Waals surface area contributed by atoms with E-state index < -0.39 is 0 Å². The van der Waals surface area contributed by atoms with E-state index in [0.717, 1.165) is 31.6 Å². The van der Waals surface area contributed by atoms with Gasteiger partial charge in [0.15, 0.2) is 0 Å². The molecule has 3 rings (SSSR count). The second-order valence-corrected chi connectivity index (χ2v) is 5.47. The molecule has 1 atom stereocenters. The second kappa shape index (κ2) is 5.71. The number of aryl methyl sites for hydroxylation is 2. The number of benzene rings is 1. The van der Waals surface area contributed by atoms with Crippen LogP contribution in [0.5, 0.6) is 5.75 Å². The normalized spacial score (nSPS) is 17.8. The third-order valence-corrected chi connectivity index (χ3v) is 4.26. The van der Waals surface area contributed by atoms with E-state index in [1.807, 2.05) is 12.1 Å². The molecule has 20 heavy (non-hydrogen) atoms. The maximum Gasteiger partial charge on any atom is 0.122 e. The average molecular weight is 270 g/mol. The van der Waals surface area contributed by atoms with Crippen molar-refractivity contribution in [2.45, 2.75) is 38.3 Å². The summed E-state index contributed by atoms with van der Waals surface area (Å²) >= 11 is 0. The zero-order chi connectivity index (χ0) is 13.9. The predicted molar refractivity (Wildman–Crippen MR) is 81.0 cm³/mol. The number of hydrogen-bond donors (Lipinski definition) is 1. The van der Waals surface area contributed by atoms with Gasteiger partial charge in [-0.05, 0) is 48.9 Å². The van der Waals surface area contributed by atoms with Crippen molar-refractivity contribution in [3.05, 3.63) is 53.3 Å². The van der Waals surface area contributed by atoms with E-state index in [-0.39, 0.29) is 6.04 Å². The van der Waals surface area contributed by atoms with Crippen molar-refractivity contribution in [3.8, 4) is 5.75 Å². The van der Waals surface area contributed by atoms with Crippen LogP contribution in [-0.4, -0.2) is 11.7 Å².